The van der Waals surface area contributed by atoms with Crippen LogP contribution in [0.15, 0.2) is 40.9 Å². The minimum atomic E-state index is -0.848. The van der Waals surface area contributed by atoms with Crippen molar-refractivity contribution in [1.29, 1.82) is 0 Å². The third-order valence-corrected chi connectivity index (χ3v) is 3.34. The lowest BCUT2D eigenvalue weighted by Crippen LogP contribution is -1.99. The summed E-state index contributed by atoms with van der Waals surface area (Å²) in [6, 6.07) is 10.6. The van der Waals surface area contributed by atoms with E-state index >= 15 is 0 Å². The summed E-state index contributed by atoms with van der Waals surface area (Å²) < 4.78 is 6.52. The third-order valence-electron chi connectivity index (χ3n) is 2.50. The van der Waals surface area contributed by atoms with Crippen LogP contribution in [0.1, 0.15) is 11.3 Å². The van der Waals surface area contributed by atoms with Crippen molar-refractivity contribution in [2.45, 2.75) is 13.3 Å². The summed E-state index contributed by atoms with van der Waals surface area (Å²) in [5.74, 6) is 0.286. The number of aromatic nitrogens is 1. The number of ether oxygens (including phenoxy) is 1. The number of hydrogen-bond donors (Lipinski definition) is 1. The van der Waals surface area contributed by atoms with Crippen LogP contribution in [-0.4, -0.2) is 16.1 Å². The van der Waals surface area contributed by atoms with Gasteiger partial charge in [-0.05, 0) is 46.6 Å². The number of hydrogen-bond acceptors (Lipinski definition) is 3. The lowest BCUT2D eigenvalue weighted by molar-refractivity contribution is -0.136. The number of carboxylic acid groups (broad SMARTS) is 1. The van der Waals surface area contributed by atoms with Gasteiger partial charge in [0.1, 0.15) is 5.75 Å². The van der Waals surface area contributed by atoms with Crippen LogP contribution in [0.4, 0.5) is 0 Å². The number of pyridine rings is 1. The zero-order chi connectivity index (χ0) is 13.8. The van der Waals surface area contributed by atoms with E-state index in [1.807, 2.05) is 13.0 Å². The van der Waals surface area contributed by atoms with E-state index in [1.165, 1.54) is 0 Å². The molecule has 0 radical (unpaired) electrons. The minimum Gasteiger partial charge on any atom is -0.481 e. The molecule has 0 spiro atoms. The molecule has 19 heavy (non-hydrogen) atoms. The van der Waals surface area contributed by atoms with Gasteiger partial charge >= 0.3 is 5.97 Å². The summed E-state index contributed by atoms with van der Waals surface area (Å²) in [5.41, 5.74) is 1.58. The fourth-order valence-corrected chi connectivity index (χ4v) is 1.77. The average molecular weight is 322 g/mol. The highest BCUT2D eigenvalue weighted by molar-refractivity contribution is 9.10. The number of carbonyl (C=O) groups is 1. The Morgan fingerprint density at radius 1 is 1.26 bits per heavy atom. The highest BCUT2D eigenvalue weighted by Gasteiger charge is 2.03. The standard InChI is InChI=1S/C14H12BrNO3/c1-9-12(15)6-7-13(16-9)19-11-4-2-10(3-5-11)8-14(17)18/h2-7H,8H2,1H3,(H,17,18). The van der Waals surface area contributed by atoms with Crippen LogP contribution in [0.3, 0.4) is 0 Å². The van der Waals surface area contributed by atoms with E-state index in [-0.39, 0.29) is 6.42 Å². The number of carboxylic acids is 1. The molecule has 2 rings (SSSR count). The van der Waals surface area contributed by atoms with Crippen LogP contribution in [0, 0.1) is 6.92 Å². The maximum absolute atomic E-state index is 10.6. The van der Waals surface area contributed by atoms with E-state index in [1.54, 1.807) is 30.3 Å². The van der Waals surface area contributed by atoms with Crippen LogP contribution in [-0.2, 0) is 11.2 Å². The van der Waals surface area contributed by atoms with Crippen molar-refractivity contribution in [1.82, 2.24) is 4.98 Å². The molecule has 0 aliphatic heterocycles. The van der Waals surface area contributed by atoms with E-state index in [0.29, 0.717) is 11.6 Å². The lowest BCUT2D eigenvalue weighted by atomic mass is 10.1. The molecule has 0 fully saturated rings. The molecule has 0 atom stereocenters. The Morgan fingerprint density at radius 3 is 2.53 bits per heavy atom. The number of rotatable bonds is 4. The molecule has 4 nitrogen and oxygen atoms in total. The van der Waals surface area contributed by atoms with Crippen molar-refractivity contribution in [2.24, 2.45) is 0 Å². The Morgan fingerprint density at radius 2 is 1.95 bits per heavy atom. The van der Waals surface area contributed by atoms with E-state index in [2.05, 4.69) is 20.9 Å². The molecule has 0 saturated carbocycles. The smallest absolute Gasteiger partial charge is 0.307 e. The molecule has 0 aliphatic carbocycles. The normalized spacial score (nSPS) is 10.2. The molecule has 98 valence electrons. The Kier molecular flexibility index (Phi) is 4.16. The Labute approximate surface area is 119 Å². The molecule has 0 unspecified atom stereocenters. The van der Waals surface area contributed by atoms with Crippen molar-refractivity contribution >= 4 is 21.9 Å². The van der Waals surface area contributed by atoms with Crippen LogP contribution < -0.4 is 4.74 Å². The van der Waals surface area contributed by atoms with Crippen LogP contribution in [0.25, 0.3) is 0 Å². The van der Waals surface area contributed by atoms with Crippen molar-refractivity contribution in [3.8, 4) is 11.6 Å². The Hall–Kier alpha value is -1.88. The fraction of sp³-hybridized carbons (Fsp3) is 0.143. The molecule has 0 bridgehead atoms. The zero-order valence-electron chi connectivity index (χ0n) is 10.3. The monoisotopic (exact) mass is 321 g/mol. The van der Waals surface area contributed by atoms with E-state index in [9.17, 15) is 4.79 Å². The zero-order valence-corrected chi connectivity index (χ0v) is 11.8. The highest BCUT2D eigenvalue weighted by Crippen LogP contribution is 2.23. The summed E-state index contributed by atoms with van der Waals surface area (Å²) in [7, 11) is 0. The maximum Gasteiger partial charge on any atom is 0.307 e. The van der Waals surface area contributed by atoms with Gasteiger partial charge in [-0.3, -0.25) is 4.79 Å². The first-order valence-electron chi connectivity index (χ1n) is 5.66. The first-order chi connectivity index (χ1) is 9.04. The topological polar surface area (TPSA) is 59.4 Å². The number of halogens is 1. The highest BCUT2D eigenvalue weighted by atomic mass is 79.9. The van der Waals surface area contributed by atoms with E-state index < -0.39 is 5.97 Å². The second-order valence-corrected chi connectivity index (χ2v) is 4.89. The average Bonchev–Trinajstić information content (AvgIpc) is 2.36. The van der Waals surface area contributed by atoms with Gasteiger partial charge < -0.3 is 9.84 Å². The van der Waals surface area contributed by atoms with Gasteiger partial charge in [-0.15, -0.1) is 0 Å². The van der Waals surface area contributed by atoms with Crippen molar-refractivity contribution in [2.75, 3.05) is 0 Å². The number of benzene rings is 1. The Bertz CT molecular complexity index is 596. The predicted octanol–water partition coefficient (Wildman–Crippen LogP) is 3.57. The summed E-state index contributed by atoms with van der Waals surface area (Å²) in [4.78, 5) is 14.8. The molecule has 1 aromatic heterocycles. The first-order valence-corrected chi connectivity index (χ1v) is 6.45. The summed E-state index contributed by atoms with van der Waals surface area (Å²) in [5, 5.41) is 8.68. The second-order valence-electron chi connectivity index (χ2n) is 4.03. The summed E-state index contributed by atoms with van der Waals surface area (Å²) in [6.45, 7) is 1.88. The van der Waals surface area contributed by atoms with Crippen molar-refractivity contribution < 1.29 is 14.6 Å². The third kappa shape index (κ3) is 3.79. The molecule has 0 amide bonds. The molecule has 1 N–H and O–H groups in total. The van der Waals surface area contributed by atoms with Crippen LogP contribution >= 0.6 is 15.9 Å². The van der Waals surface area contributed by atoms with Crippen molar-refractivity contribution in [3.05, 3.63) is 52.1 Å². The van der Waals surface area contributed by atoms with Gasteiger partial charge in [0.15, 0.2) is 0 Å². The maximum atomic E-state index is 10.6. The number of aliphatic carboxylic acids is 1. The van der Waals surface area contributed by atoms with Crippen molar-refractivity contribution in [3.63, 3.8) is 0 Å². The number of aryl methyl sites for hydroxylation is 1. The molecule has 5 heteroatoms. The first kappa shape index (κ1) is 13.5. The van der Waals surface area contributed by atoms with Crippen LogP contribution in [0.2, 0.25) is 0 Å². The van der Waals surface area contributed by atoms with E-state index in [4.69, 9.17) is 9.84 Å². The molecule has 2 aromatic rings. The molecule has 1 heterocycles. The summed E-state index contributed by atoms with van der Waals surface area (Å²) >= 11 is 3.37. The van der Waals surface area contributed by atoms with Gasteiger partial charge in [-0.1, -0.05) is 12.1 Å². The second kappa shape index (κ2) is 5.84. The van der Waals surface area contributed by atoms with Gasteiger partial charge in [0.05, 0.1) is 12.1 Å². The molecular formula is C14H12BrNO3. The minimum absolute atomic E-state index is 0.00984. The lowest BCUT2D eigenvalue weighted by Gasteiger charge is -2.06. The molecule has 1 aromatic carbocycles. The van der Waals surface area contributed by atoms with Gasteiger partial charge in [0.2, 0.25) is 5.88 Å². The molecule has 0 saturated heterocycles. The quantitative estimate of drug-likeness (QED) is 0.935. The van der Waals surface area contributed by atoms with Gasteiger partial charge in [-0.25, -0.2) is 4.98 Å². The number of nitrogens with zero attached hydrogens (tertiary/aromatic N) is 1. The van der Waals surface area contributed by atoms with Gasteiger partial charge in [0.25, 0.3) is 0 Å². The van der Waals surface area contributed by atoms with Gasteiger partial charge in [-0.2, -0.15) is 0 Å². The SMILES string of the molecule is Cc1nc(Oc2ccc(CC(=O)O)cc2)ccc1Br. The largest absolute Gasteiger partial charge is 0.481 e. The predicted molar refractivity (Wildman–Crippen MR) is 74.5 cm³/mol. The fourth-order valence-electron chi connectivity index (χ4n) is 1.55. The van der Waals surface area contributed by atoms with Gasteiger partial charge in [0, 0.05) is 10.5 Å². The Balaban J connectivity index is 2.10. The van der Waals surface area contributed by atoms with Crippen LogP contribution in [0.5, 0.6) is 11.6 Å². The molecular weight excluding hydrogens is 310 g/mol. The summed E-state index contributed by atoms with van der Waals surface area (Å²) in [6.07, 6.45) is 0.00984. The van der Waals surface area contributed by atoms with E-state index in [0.717, 1.165) is 15.7 Å². The molecule has 0 aliphatic rings.